The molecule has 0 spiro atoms. The number of hydrogen-bond donors (Lipinski definition) is 0. The Balaban J connectivity index is 1.60. The number of anilines is 1. The Hall–Kier alpha value is -4.26. The van der Waals surface area contributed by atoms with Crippen LogP contribution in [0.4, 0.5) is 5.69 Å². The van der Waals surface area contributed by atoms with Gasteiger partial charge in [0.15, 0.2) is 11.5 Å². The van der Waals surface area contributed by atoms with Crippen molar-refractivity contribution in [2.75, 3.05) is 31.9 Å². The van der Waals surface area contributed by atoms with Gasteiger partial charge in [-0.2, -0.15) is 0 Å². The molecule has 0 radical (unpaired) electrons. The smallest absolute Gasteiger partial charge is 0.355 e. The van der Waals surface area contributed by atoms with Gasteiger partial charge in [0.05, 0.1) is 13.7 Å². The summed E-state index contributed by atoms with van der Waals surface area (Å²) in [4.78, 5) is 29.7. The standard InChI is InChI=1S/C30H28N2O5/c1-35-30(34)28-27(21-8-4-2-5-9-21)24-17-22(31-14-6-3-7-15-31)11-12-23(24)29(33)32(28)18-20-10-13-25-26(16-20)37-19-36-25/h2,4-5,8-13,16-17H,3,6-7,14-15,18-19H2,1H3. The number of hydrogen-bond acceptors (Lipinski definition) is 6. The zero-order valence-corrected chi connectivity index (χ0v) is 20.7. The molecule has 1 aromatic heterocycles. The van der Waals surface area contributed by atoms with Crippen LogP contribution in [-0.4, -0.2) is 37.5 Å². The van der Waals surface area contributed by atoms with Gasteiger partial charge in [-0.05, 0) is 66.1 Å². The topological polar surface area (TPSA) is 70.0 Å². The van der Waals surface area contributed by atoms with Crippen molar-refractivity contribution in [3.8, 4) is 22.6 Å². The van der Waals surface area contributed by atoms with Crippen molar-refractivity contribution < 1.29 is 19.0 Å². The lowest BCUT2D eigenvalue weighted by Gasteiger charge is -2.29. The minimum Gasteiger partial charge on any atom is -0.464 e. The van der Waals surface area contributed by atoms with Gasteiger partial charge in [-0.15, -0.1) is 0 Å². The van der Waals surface area contributed by atoms with E-state index in [0.717, 1.165) is 48.1 Å². The van der Waals surface area contributed by atoms with E-state index in [-0.39, 0.29) is 24.6 Å². The molecule has 0 aliphatic carbocycles. The Morgan fingerprint density at radius 3 is 2.46 bits per heavy atom. The van der Waals surface area contributed by atoms with Gasteiger partial charge >= 0.3 is 5.97 Å². The van der Waals surface area contributed by atoms with Gasteiger partial charge < -0.3 is 19.1 Å². The zero-order chi connectivity index (χ0) is 25.4. The quantitative estimate of drug-likeness (QED) is 0.353. The first kappa shape index (κ1) is 23.2. The van der Waals surface area contributed by atoms with Crippen LogP contribution in [0.15, 0.2) is 71.5 Å². The van der Waals surface area contributed by atoms with Gasteiger partial charge in [0.2, 0.25) is 6.79 Å². The summed E-state index contributed by atoms with van der Waals surface area (Å²) in [5.41, 5.74) is 3.43. The Morgan fingerprint density at radius 1 is 0.892 bits per heavy atom. The lowest BCUT2D eigenvalue weighted by molar-refractivity contribution is 0.0588. The molecule has 0 amide bonds. The maximum absolute atomic E-state index is 14.0. The Morgan fingerprint density at radius 2 is 1.68 bits per heavy atom. The van der Waals surface area contributed by atoms with Crippen LogP contribution in [0.1, 0.15) is 35.3 Å². The Kier molecular flexibility index (Phi) is 6.04. The number of nitrogens with zero attached hydrogens (tertiary/aromatic N) is 2. The maximum atomic E-state index is 14.0. The molecule has 0 atom stereocenters. The summed E-state index contributed by atoms with van der Waals surface area (Å²) in [5, 5.41) is 1.31. The molecule has 3 heterocycles. The summed E-state index contributed by atoms with van der Waals surface area (Å²) in [6, 6.07) is 21.3. The van der Waals surface area contributed by atoms with E-state index in [1.165, 1.54) is 18.1 Å². The van der Waals surface area contributed by atoms with Gasteiger partial charge in [0.25, 0.3) is 5.56 Å². The molecule has 37 heavy (non-hydrogen) atoms. The number of aromatic nitrogens is 1. The van der Waals surface area contributed by atoms with E-state index in [9.17, 15) is 9.59 Å². The van der Waals surface area contributed by atoms with Crippen LogP contribution in [0.25, 0.3) is 21.9 Å². The summed E-state index contributed by atoms with van der Waals surface area (Å²) in [6.07, 6.45) is 3.53. The highest BCUT2D eigenvalue weighted by atomic mass is 16.7. The molecule has 7 heteroatoms. The summed E-state index contributed by atoms with van der Waals surface area (Å²) >= 11 is 0. The largest absolute Gasteiger partial charge is 0.464 e. The monoisotopic (exact) mass is 496 g/mol. The van der Waals surface area contributed by atoms with Gasteiger partial charge in [0.1, 0.15) is 5.69 Å². The highest BCUT2D eigenvalue weighted by molar-refractivity contribution is 6.07. The molecule has 1 fully saturated rings. The van der Waals surface area contributed by atoms with Crippen LogP contribution >= 0.6 is 0 Å². The number of carbonyl (C=O) groups is 1. The molecule has 0 N–H and O–H groups in total. The number of methoxy groups -OCH3 is 1. The van der Waals surface area contributed by atoms with E-state index in [2.05, 4.69) is 11.0 Å². The van der Waals surface area contributed by atoms with Crippen LogP contribution in [0.2, 0.25) is 0 Å². The van der Waals surface area contributed by atoms with Crippen molar-refractivity contribution in [1.82, 2.24) is 4.57 Å². The second kappa shape index (κ2) is 9.65. The first-order valence-corrected chi connectivity index (χ1v) is 12.6. The molecule has 2 aliphatic heterocycles. The first-order valence-electron chi connectivity index (χ1n) is 12.6. The molecule has 3 aromatic carbocycles. The second-order valence-electron chi connectivity index (χ2n) is 9.44. The normalized spacial score (nSPS) is 14.7. The van der Waals surface area contributed by atoms with Crippen molar-refractivity contribution in [2.24, 2.45) is 0 Å². The fraction of sp³-hybridized carbons (Fsp3) is 0.267. The summed E-state index contributed by atoms with van der Waals surface area (Å²) in [6.45, 7) is 2.32. The molecule has 2 aliphatic rings. The number of ether oxygens (including phenoxy) is 3. The second-order valence-corrected chi connectivity index (χ2v) is 9.44. The van der Waals surface area contributed by atoms with E-state index in [1.54, 1.807) is 0 Å². The van der Waals surface area contributed by atoms with Gasteiger partial charge in [0, 0.05) is 29.7 Å². The fourth-order valence-electron chi connectivity index (χ4n) is 5.36. The third-order valence-corrected chi connectivity index (χ3v) is 7.19. The third kappa shape index (κ3) is 4.20. The molecule has 0 saturated carbocycles. The summed E-state index contributed by atoms with van der Waals surface area (Å²) in [5.74, 6) is 0.736. The minimum atomic E-state index is -0.554. The average molecular weight is 497 g/mol. The molecule has 6 rings (SSSR count). The van der Waals surface area contributed by atoms with Crippen LogP contribution < -0.4 is 19.9 Å². The van der Waals surface area contributed by atoms with Gasteiger partial charge in [-0.1, -0.05) is 36.4 Å². The molecule has 188 valence electrons. The van der Waals surface area contributed by atoms with E-state index in [0.29, 0.717) is 22.4 Å². The maximum Gasteiger partial charge on any atom is 0.355 e. The number of benzene rings is 3. The van der Waals surface area contributed by atoms with Gasteiger partial charge in [-0.3, -0.25) is 9.36 Å². The molecule has 4 aromatic rings. The van der Waals surface area contributed by atoms with E-state index < -0.39 is 5.97 Å². The number of esters is 1. The number of piperidine rings is 1. The lowest BCUT2D eigenvalue weighted by atomic mass is 9.95. The number of carbonyl (C=O) groups excluding carboxylic acids is 1. The van der Waals surface area contributed by atoms with Crippen molar-refractivity contribution in [2.45, 2.75) is 25.8 Å². The molecule has 0 unspecified atom stereocenters. The summed E-state index contributed by atoms with van der Waals surface area (Å²) in [7, 11) is 1.35. The lowest BCUT2D eigenvalue weighted by Crippen LogP contribution is -2.30. The Labute approximate surface area is 214 Å². The van der Waals surface area contributed by atoms with E-state index in [4.69, 9.17) is 14.2 Å². The minimum absolute atomic E-state index is 0.166. The van der Waals surface area contributed by atoms with Crippen LogP contribution in [0, 0.1) is 0 Å². The summed E-state index contributed by atoms with van der Waals surface area (Å²) < 4.78 is 17.7. The van der Waals surface area contributed by atoms with Crippen LogP contribution in [-0.2, 0) is 11.3 Å². The highest BCUT2D eigenvalue weighted by Crippen LogP contribution is 2.36. The predicted molar refractivity (Wildman–Crippen MR) is 143 cm³/mol. The SMILES string of the molecule is COC(=O)c1c(-c2ccccc2)c2cc(N3CCCCC3)ccc2c(=O)n1Cc1ccc2c(c1)OCO2. The molecule has 7 nitrogen and oxygen atoms in total. The number of fused-ring (bicyclic) bond motifs is 2. The molecular weight excluding hydrogens is 468 g/mol. The third-order valence-electron chi connectivity index (χ3n) is 7.19. The van der Waals surface area contributed by atoms with Crippen molar-refractivity contribution in [3.05, 3.63) is 88.3 Å². The number of rotatable bonds is 5. The number of pyridine rings is 1. The molecule has 1 saturated heterocycles. The molecular formula is C30H28N2O5. The van der Waals surface area contributed by atoms with E-state index >= 15 is 0 Å². The average Bonchev–Trinajstić information content (AvgIpc) is 3.42. The zero-order valence-electron chi connectivity index (χ0n) is 20.7. The first-order chi connectivity index (χ1) is 18.1. The van der Waals surface area contributed by atoms with Crippen LogP contribution in [0.5, 0.6) is 11.5 Å². The predicted octanol–water partition coefficient (Wildman–Crippen LogP) is 5.22. The van der Waals surface area contributed by atoms with Crippen molar-refractivity contribution >= 4 is 22.4 Å². The Bertz CT molecular complexity index is 1540. The van der Waals surface area contributed by atoms with Crippen molar-refractivity contribution in [1.29, 1.82) is 0 Å². The fourth-order valence-corrected chi connectivity index (χ4v) is 5.36. The van der Waals surface area contributed by atoms with Crippen molar-refractivity contribution in [3.63, 3.8) is 0 Å². The molecule has 0 bridgehead atoms. The van der Waals surface area contributed by atoms with Gasteiger partial charge in [-0.25, -0.2) is 4.79 Å². The van der Waals surface area contributed by atoms with Crippen LogP contribution in [0.3, 0.4) is 0 Å². The highest BCUT2D eigenvalue weighted by Gasteiger charge is 2.25. The van der Waals surface area contributed by atoms with E-state index in [1.807, 2.05) is 60.7 Å².